The summed E-state index contributed by atoms with van der Waals surface area (Å²) in [4.78, 5) is 13.4. The average molecular weight is 204 g/mol. The summed E-state index contributed by atoms with van der Waals surface area (Å²) in [6.45, 7) is 3.11. The van der Waals surface area contributed by atoms with E-state index in [0.717, 1.165) is 11.1 Å². The molecule has 0 atom stereocenters. The van der Waals surface area contributed by atoms with Gasteiger partial charge in [0, 0.05) is 18.7 Å². The van der Waals surface area contributed by atoms with Crippen LogP contribution in [0.4, 0.5) is 0 Å². The van der Waals surface area contributed by atoms with Crippen LogP contribution in [0, 0.1) is 0 Å². The monoisotopic (exact) mass is 204 g/mol. The Morgan fingerprint density at radius 2 is 2.20 bits per heavy atom. The lowest BCUT2D eigenvalue weighted by molar-refractivity contribution is -0.124. The van der Waals surface area contributed by atoms with E-state index < -0.39 is 0 Å². The number of nitrogens with zero attached hydrogens (tertiary/aromatic N) is 2. The van der Waals surface area contributed by atoms with Gasteiger partial charge in [-0.05, 0) is 12.5 Å². The summed E-state index contributed by atoms with van der Waals surface area (Å²) in [5, 5.41) is 12.0. The zero-order chi connectivity index (χ0) is 10.8. The SMILES string of the molecule is CCN1Cc2ccccc2C(=NO)C1=O. The third kappa shape index (κ3) is 1.48. The highest BCUT2D eigenvalue weighted by Crippen LogP contribution is 2.19. The predicted octanol–water partition coefficient (Wildman–Crippen LogP) is 1.23. The minimum absolute atomic E-state index is 0.138. The maximum Gasteiger partial charge on any atom is 0.276 e. The number of carbonyl (C=O) groups is 1. The molecule has 0 radical (unpaired) electrons. The minimum Gasteiger partial charge on any atom is -0.410 e. The van der Waals surface area contributed by atoms with E-state index in [1.54, 1.807) is 11.0 Å². The van der Waals surface area contributed by atoms with Gasteiger partial charge in [0.05, 0.1) is 0 Å². The van der Waals surface area contributed by atoms with Gasteiger partial charge in [-0.2, -0.15) is 0 Å². The number of benzene rings is 1. The molecule has 0 spiro atoms. The summed E-state index contributed by atoms with van der Waals surface area (Å²) in [5.41, 5.74) is 1.89. The molecule has 0 unspecified atom stereocenters. The van der Waals surface area contributed by atoms with Crippen molar-refractivity contribution in [2.75, 3.05) is 6.54 Å². The molecular formula is C11H12N2O2. The summed E-state index contributed by atoms with van der Waals surface area (Å²) < 4.78 is 0. The minimum atomic E-state index is -0.210. The summed E-state index contributed by atoms with van der Waals surface area (Å²) in [5.74, 6) is -0.210. The van der Waals surface area contributed by atoms with Crippen molar-refractivity contribution >= 4 is 11.6 Å². The van der Waals surface area contributed by atoms with Gasteiger partial charge in [0.1, 0.15) is 0 Å². The fourth-order valence-electron chi connectivity index (χ4n) is 1.78. The fourth-order valence-corrected chi connectivity index (χ4v) is 1.78. The summed E-state index contributed by atoms with van der Waals surface area (Å²) in [6, 6.07) is 7.49. The smallest absolute Gasteiger partial charge is 0.276 e. The molecule has 1 heterocycles. The summed E-state index contributed by atoms with van der Waals surface area (Å²) >= 11 is 0. The second-order valence-corrected chi connectivity index (χ2v) is 3.43. The molecule has 2 rings (SSSR count). The van der Waals surface area contributed by atoms with E-state index in [2.05, 4.69) is 5.16 Å². The zero-order valence-corrected chi connectivity index (χ0v) is 8.47. The first-order chi connectivity index (χ1) is 7.27. The summed E-state index contributed by atoms with van der Waals surface area (Å²) in [6.07, 6.45) is 0. The van der Waals surface area contributed by atoms with E-state index in [9.17, 15) is 4.79 Å². The number of hydrogen-bond donors (Lipinski definition) is 1. The molecule has 1 aromatic carbocycles. The molecule has 0 aliphatic carbocycles. The van der Waals surface area contributed by atoms with Crippen molar-refractivity contribution in [1.82, 2.24) is 4.90 Å². The van der Waals surface area contributed by atoms with Crippen molar-refractivity contribution < 1.29 is 10.0 Å². The third-order valence-electron chi connectivity index (χ3n) is 2.61. The van der Waals surface area contributed by atoms with E-state index in [0.29, 0.717) is 13.1 Å². The molecule has 1 amide bonds. The zero-order valence-electron chi connectivity index (χ0n) is 8.47. The van der Waals surface area contributed by atoms with Crippen LogP contribution in [0.3, 0.4) is 0 Å². The van der Waals surface area contributed by atoms with E-state index in [-0.39, 0.29) is 11.6 Å². The molecule has 1 aliphatic heterocycles. The van der Waals surface area contributed by atoms with Gasteiger partial charge in [-0.1, -0.05) is 29.4 Å². The molecule has 0 bridgehead atoms. The molecule has 1 aromatic rings. The van der Waals surface area contributed by atoms with Crippen LogP contribution >= 0.6 is 0 Å². The van der Waals surface area contributed by atoms with E-state index >= 15 is 0 Å². The average Bonchev–Trinajstić information content (AvgIpc) is 2.28. The van der Waals surface area contributed by atoms with Crippen molar-refractivity contribution in [3.63, 3.8) is 0 Å². The fraction of sp³-hybridized carbons (Fsp3) is 0.273. The molecule has 1 aliphatic rings. The van der Waals surface area contributed by atoms with Crippen molar-refractivity contribution in [1.29, 1.82) is 0 Å². The van der Waals surface area contributed by atoms with Crippen LogP contribution in [0.5, 0.6) is 0 Å². The summed E-state index contributed by atoms with van der Waals surface area (Å²) in [7, 11) is 0. The number of rotatable bonds is 1. The Hall–Kier alpha value is -1.84. The van der Waals surface area contributed by atoms with Crippen LogP contribution in [-0.4, -0.2) is 28.3 Å². The first-order valence-electron chi connectivity index (χ1n) is 4.87. The second-order valence-electron chi connectivity index (χ2n) is 3.43. The van der Waals surface area contributed by atoms with Crippen LogP contribution in [0.1, 0.15) is 18.1 Å². The van der Waals surface area contributed by atoms with Crippen molar-refractivity contribution in [2.24, 2.45) is 5.16 Å². The molecule has 0 saturated carbocycles. The number of oxime groups is 1. The lowest BCUT2D eigenvalue weighted by Gasteiger charge is -2.27. The van der Waals surface area contributed by atoms with Gasteiger partial charge >= 0.3 is 0 Å². The lowest BCUT2D eigenvalue weighted by Crippen LogP contribution is -2.41. The van der Waals surface area contributed by atoms with Gasteiger partial charge in [-0.15, -0.1) is 0 Å². The van der Waals surface area contributed by atoms with Crippen LogP contribution < -0.4 is 0 Å². The van der Waals surface area contributed by atoms with E-state index in [4.69, 9.17) is 5.21 Å². The Kier molecular flexibility index (Phi) is 2.41. The van der Waals surface area contributed by atoms with Crippen molar-refractivity contribution in [3.05, 3.63) is 35.4 Å². The Balaban J connectivity index is 2.53. The van der Waals surface area contributed by atoms with E-state index in [1.807, 2.05) is 25.1 Å². The molecule has 0 fully saturated rings. The third-order valence-corrected chi connectivity index (χ3v) is 2.61. The topological polar surface area (TPSA) is 52.9 Å². The van der Waals surface area contributed by atoms with Crippen molar-refractivity contribution in [2.45, 2.75) is 13.5 Å². The Morgan fingerprint density at radius 3 is 2.87 bits per heavy atom. The molecule has 1 N–H and O–H groups in total. The van der Waals surface area contributed by atoms with Gasteiger partial charge in [0.2, 0.25) is 0 Å². The van der Waals surface area contributed by atoms with Crippen LogP contribution in [-0.2, 0) is 11.3 Å². The second kappa shape index (κ2) is 3.73. The maximum atomic E-state index is 11.8. The van der Waals surface area contributed by atoms with Gasteiger partial charge < -0.3 is 10.1 Å². The highest BCUT2D eigenvalue weighted by molar-refractivity contribution is 6.46. The van der Waals surface area contributed by atoms with Gasteiger partial charge in [0.25, 0.3) is 5.91 Å². The molecule has 15 heavy (non-hydrogen) atoms. The first kappa shape index (κ1) is 9.71. The maximum absolute atomic E-state index is 11.8. The van der Waals surface area contributed by atoms with E-state index in [1.165, 1.54) is 0 Å². The van der Waals surface area contributed by atoms with Crippen molar-refractivity contribution in [3.8, 4) is 0 Å². The lowest BCUT2D eigenvalue weighted by atomic mass is 9.97. The van der Waals surface area contributed by atoms with Crippen LogP contribution in [0.15, 0.2) is 29.4 Å². The van der Waals surface area contributed by atoms with Gasteiger partial charge in [-0.25, -0.2) is 0 Å². The normalized spacial score (nSPS) is 18.1. The molecule has 0 aromatic heterocycles. The number of fused-ring (bicyclic) bond motifs is 1. The number of hydrogen-bond acceptors (Lipinski definition) is 3. The molecule has 0 saturated heterocycles. The molecule has 4 nitrogen and oxygen atoms in total. The highest BCUT2D eigenvalue weighted by atomic mass is 16.4. The number of amides is 1. The van der Waals surface area contributed by atoms with Gasteiger partial charge in [-0.3, -0.25) is 4.79 Å². The van der Waals surface area contributed by atoms with Gasteiger partial charge in [0.15, 0.2) is 5.71 Å². The highest BCUT2D eigenvalue weighted by Gasteiger charge is 2.28. The Morgan fingerprint density at radius 1 is 1.47 bits per heavy atom. The quantitative estimate of drug-likeness (QED) is 0.552. The largest absolute Gasteiger partial charge is 0.410 e. The first-order valence-corrected chi connectivity index (χ1v) is 4.87. The molecular weight excluding hydrogens is 192 g/mol. The van der Waals surface area contributed by atoms with Crippen LogP contribution in [0.25, 0.3) is 0 Å². The van der Waals surface area contributed by atoms with Crippen LogP contribution in [0.2, 0.25) is 0 Å². The molecule has 78 valence electrons. The Bertz CT molecular complexity index is 426. The predicted molar refractivity (Wildman–Crippen MR) is 55.9 cm³/mol. The number of likely N-dealkylation sites (N-methyl/N-ethyl adjacent to an activating group) is 1. The molecule has 4 heteroatoms. The standard InChI is InChI=1S/C11H12N2O2/c1-2-13-7-8-5-3-4-6-9(8)10(12-15)11(13)14/h3-6,15H,2,7H2,1H3. The number of carbonyl (C=O) groups excluding carboxylic acids is 1. The Labute approximate surface area is 87.8 Å².